The molecule has 1 aliphatic rings. The summed E-state index contributed by atoms with van der Waals surface area (Å²) in [6.07, 6.45) is 3.42. The van der Waals surface area contributed by atoms with E-state index in [0.29, 0.717) is 12.1 Å². The fourth-order valence-electron chi connectivity index (χ4n) is 3.13. The smallest absolute Gasteiger partial charge is 0.146 e. The van der Waals surface area contributed by atoms with Gasteiger partial charge in [0.05, 0.1) is 5.69 Å². The first kappa shape index (κ1) is 14.3. The number of benzene rings is 1. The van der Waals surface area contributed by atoms with Gasteiger partial charge in [-0.25, -0.2) is 4.39 Å². The molecule has 2 nitrogen and oxygen atoms in total. The van der Waals surface area contributed by atoms with Crippen LogP contribution < -0.4 is 10.2 Å². The fraction of sp³-hybridized carbons (Fsp3) is 0.625. The quantitative estimate of drug-likeness (QED) is 0.872. The number of rotatable bonds is 5. The maximum absolute atomic E-state index is 14.3. The van der Waals surface area contributed by atoms with E-state index in [4.69, 9.17) is 0 Å². The second kappa shape index (κ2) is 6.38. The standard InChI is InChI=1S/C16H25FN2/c1-4-14-10-9-12(3)19(14)16-13(11-18-5-2)7-6-8-15(16)17/h6-8,12,14,18H,4-5,9-11H2,1-3H3. The Morgan fingerprint density at radius 3 is 2.79 bits per heavy atom. The topological polar surface area (TPSA) is 15.3 Å². The molecule has 1 heterocycles. The average molecular weight is 264 g/mol. The third kappa shape index (κ3) is 2.92. The molecule has 2 unspecified atom stereocenters. The van der Waals surface area contributed by atoms with Crippen molar-refractivity contribution < 1.29 is 4.39 Å². The first-order chi connectivity index (χ1) is 9.19. The highest BCUT2D eigenvalue weighted by Gasteiger charge is 2.32. The third-order valence-electron chi connectivity index (χ3n) is 4.15. The first-order valence-corrected chi connectivity index (χ1v) is 7.45. The largest absolute Gasteiger partial charge is 0.363 e. The van der Waals surface area contributed by atoms with Crippen molar-refractivity contribution in [3.05, 3.63) is 29.6 Å². The maximum atomic E-state index is 14.3. The highest BCUT2D eigenvalue weighted by molar-refractivity contribution is 5.57. The lowest BCUT2D eigenvalue weighted by atomic mass is 10.1. The normalized spacial score (nSPS) is 23.1. The predicted octanol–water partition coefficient (Wildman–Crippen LogP) is 3.70. The van der Waals surface area contributed by atoms with E-state index in [2.05, 4.69) is 31.0 Å². The van der Waals surface area contributed by atoms with E-state index < -0.39 is 0 Å². The molecule has 0 bridgehead atoms. The SMILES string of the molecule is CCNCc1cccc(F)c1N1C(C)CCC1CC. The van der Waals surface area contributed by atoms with E-state index >= 15 is 0 Å². The van der Waals surface area contributed by atoms with Crippen molar-refractivity contribution in [2.24, 2.45) is 0 Å². The molecule has 3 heteroatoms. The van der Waals surface area contributed by atoms with Gasteiger partial charge in [-0.05, 0) is 44.4 Å². The number of para-hydroxylation sites is 1. The van der Waals surface area contributed by atoms with E-state index in [9.17, 15) is 4.39 Å². The van der Waals surface area contributed by atoms with Gasteiger partial charge in [0, 0.05) is 18.6 Å². The Balaban J connectivity index is 2.36. The minimum absolute atomic E-state index is 0.0809. The summed E-state index contributed by atoms with van der Waals surface area (Å²) in [6, 6.07) is 6.35. The molecule has 0 radical (unpaired) electrons. The van der Waals surface area contributed by atoms with Crippen LogP contribution in [0.15, 0.2) is 18.2 Å². The van der Waals surface area contributed by atoms with Crippen LogP contribution >= 0.6 is 0 Å². The molecule has 0 aliphatic carbocycles. The number of hydrogen-bond acceptors (Lipinski definition) is 2. The Hall–Kier alpha value is -1.09. The molecule has 0 aromatic heterocycles. The molecule has 1 N–H and O–H groups in total. The van der Waals surface area contributed by atoms with Crippen molar-refractivity contribution in [1.29, 1.82) is 0 Å². The molecule has 0 amide bonds. The third-order valence-corrected chi connectivity index (χ3v) is 4.15. The van der Waals surface area contributed by atoms with Gasteiger partial charge in [-0.15, -0.1) is 0 Å². The van der Waals surface area contributed by atoms with Crippen molar-refractivity contribution in [3.63, 3.8) is 0 Å². The molecule has 1 saturated heterocycles. The second-order valence-electron chi connectivity index (χ2n) is 5.42. The Morgan fingerprint density at radius 1 is 1.32 bits per heavy atom. The molecule has 1 aromatic rings. The summed E-state index contributed by atoms with van der Waals surface area (Å²) >= 11 is 0. The zero-order chi connectivity index (χ0) is 13.8. The zero-order valence-corrected chi connectivity index (χ0v) is 12.2. The van der Waals surface area contributed by atoms with E-state index in [1.807, 2.05) is 12.1 Å². The summed E-state index contributed by atoms with van der Waals surface area (Å²) in [5.74, 6) is -0.0809. The van der Waals surface area contributed by atoms with Gasteiger partial charge in [0.1, 0.15) is 5.82 Å². The number of halogens is 1. The van der Waals surface area contributed by atoms with Crippen LogP contribution in [0.1, 0.15) is 45.6 Å². The van der Waals surface area contributed by atoms with Gasteiger partial charge in [-0.1, -0.05) is 26.0 Å². The van der Waals surface area contributed by atoms with Crippen LogP contribution in [0.4, 0.5) is 10.1 Å². The Morgan fingerprint density at radius 2 is 2.11 bits per heavy atom. The number of nitrogens with one attached hydrogen (secondary N) is 1. The molecule has 1 fully saturated rings. The summed E-state index contributed by atoms with van der Waals surface area (Å²) in [5.41, 5.74) is 1.90. The van der Waals surface area contributed by atoms with Crippen molar-refractivity contribution in [3.8, 4) is 0 Å². The first-order valence-electron chi connectivity index (χ1n) is 7.45. The van der Waals surface area contributed by atoms with Crippen LogP contribution in [0.3, 0.4) is 0 Å². The van der Waals surface area contributed by atoms with Crippen molar-refractivity contribution in [2.75, 3.05) is 11.4 Å². The number of nitrogens with zero attached hydrogens (tertiary/aromatic N) is 1. The van der Waals surface area contributed by atoms with Gasteiger partial charge in [-0.3, -0.25) is 0 Å². The maximum Gasteiger partial charge on any atom is 0.146 e. The molecule has 0 spiro atoms. The molecule has 19 heavy (non-hydrogen) atoms. The number of anilines is 1. The van der Waals surface area contributed by atoms with Crippen molar-refractivity contribution >= 4 is 5.69 Å². The molecule has 0 saturated carbocycles. The van der Waals surface area contributed by atoms with Crippen LogP contribution in [0.2, 0.25) is 0 Å². The van der Waals surface area contributed by atoms with Crippen LogP contribution in [0, 0.1) is 5.82 Å². The van der Waals surface area contributed by atoms with Crippen LogP contribution in [0.25, 0.3) is 0 Å². The summed E-state index contributed by atoms with van der Waals surface area (Å²) < 4.78 is 14.3. The van der Waals surface area contributed by atoms with E-state index in [1.54, 1.807) is 6.07 Å². The Bertz CT molecular complexity index is 419. The summed E-state index contributed by atoms with van der Waals surface area (Å²) in [4.78, 5) is 2.31. The van der Waals surface area contributed by atoms with Crippen LogP contribution in [0.5, 0.6) is 0 Å². The Kier molecular flexibility index (Phi) is 4.81. The minimum atomic E-state index is -0.0809. The molecule has 2 rings (SSSR count). The van der Waals surface area contributed by atoms with Crippen molar-refractivity contribution in [2.45, 2.75) is 58.7 Å². The summed E-state index contributed by atoms with van der Waals surface area (Å²) in [6.45, 7) is 8.12. The molecule has 106 valence electrons. The van der Waals surface area contributed by atoms with E-state index in [-0.39, 0.29) is 5.82 Å². The lowest BCUT2D eigenvalue weighted by Gasteiger charge is -2.32. The van der Waals surface area contributed by atoms with E-state index in [1.165, 1.54) is 6.42 Å². The van der Waals surface area contributed by atoms with E-state index in [0.717, 1.165) is 37.2 Å². The van der Waals surface area contributed by atoms with Gasteiger partial charge in [0.25, 0.3) is 0 Å². The number of hydrogen-bond donors (Lipinski definition) is 1. The lowest BCUT2D eigenvalue weighted by Crippen LogP contribution is -2.36. The van der Waals surface area contributed by atoms with Gasteiger partial charge < -0.3 is 10.2 Å². The minimum Gasteiger partial charge on any atom is -0.363 e. The molecule has 1 aromatic carbocycles. The van der Waals surface area contributed by atoms with Gasteiger partial charge in [-0.2, -0.15) is 0 Å². The van der Waals surface area contributed by atoms with Gasteiger partial charge in [0.15, 0.2) is 0 Å². The predicted molar refractivity (Wildman–Crippen MR) is 79.0 cm³/mol. The van der Waals surface area contributed by atoms with Crippen molar-refractivity contribution in [1.82, 2.24) is 5.32 Å². The molecular formula is C16H25FN2. The van der Waals surface area contributed by atoms with Crippen LogP contribution in [-0.4, -0.2) is 18.6 Å². The highest BCUT2D eigenvalue weighted by atomic mass is 19.1. The average Bonchev–Trinajstić information content (AvgIpc) is 2.77. The molecule has 1 aliphatic heterocycles. The van der Waals surface area contributed by atoms with Gasteiger partial charge in [0.2, 0.25) is 0 Å². The van der Waals surface area contributed by atoms with Crippen LogP contribution in [-0.2, 0) is 6.54 Å². The molecular weight excluding hydrogens is 239 g/mol. The Labute approximate surface area is 116 Å². The lowest BCUT2D eigenvalue weighted by molar-refractivity contribution is 0.575. The zero-order valence-electron chi connectivity index (χ0n) is 12.2. The monoisotopic (exact) mass is 264 g/mol. The van der Waals surface area contributed by atoms with Gasteiger partial charge >= 0.3 is 0 Å². The molecule has 2 atom stereocenters. The highest BCUT2D eigenvalue weighted by Crippen LogP contribution is 2.35. The summed E-state index contributed by atoms with van der Waals surface area (Å²) in [5, 5.41) is 3.31. The second-order valence-corrected chi connectivity index (χ2v) is 5.42. The summed E-state index contributed by atoms with van der Waals surface area (Å²) in [7, 11) is 0. The fourth-order valence-corrected chi connectivity index (χ4v) is 3.13.